The normalized spacial score (nSPS) is 17.0. The van der Waals surface area contributed by atoms with Crippen LogP contribution in [0.15, 0.2) is 35.3 Å². The third-order valence-electron chi connectivity index (χ3n) is 4.84. The second-order valence-electron chi connectivity index (χ2n) is 7.11. The van der Waals surface area contributed by atoms with Gasteiger partial charge in [-0.15, -0.1) is 0 Å². The van der Waals surface area contributed by atoms with Crippen molar-refractivity contribution in [2.24, 2.45) is 16.5 Å². The molecule has 2 amide bonds. The highest BCUT2D eigenvalue weighted by atomic mass is 32.2. The molecule has 2 rings (SSSR count). The van der Waals surface area contributed by atoms with Gasteiger partial charge in [-0.2, -0.15) is 11.8 Å². The summed E-state index contributed by atoms with van der Waals surface area (Å²) in [6.07, 6.45) is 3.03. The number of nitrogens with zero attached hydrogens (tertiary/aromatic N) is 2. The zero-order chi connectivity index (χ0) is 21.1. The molecule has 0 unspecified atom stereocenters. The summed E-state index contributed by atoms with van der Waals surface area (Å²) in [5.41, 5.74) is 11.5. The van der Waals surface area contributed by atoms with Gasteiger partial charge in [-0.25, -0.2) is 4.79 Å². The van der Waals surface area contributed by atoms with Crippen LogP contribution in [0.2, 0.25) is 0 Å². The summed E-state index contributed by atoms with van der Waals surface area (Å²) in [7, 11) is 0. The van der Waals surface area contributed by atoms with E-state index in [0.29, 0.717) is 19.5 Å². The maximum atomic E-state index is 13.1. The Kier molecular flexibility index (Phi) is 9.63. The van der Waals surface area contributed by atoms with E-state index in [0.717, 1.165) is 42.8 Å². The molecule has 1 fully saturated rings. The monoisotopic (exact) mass is 421 g/mol. The standard InChI is InChI=1S/C20H31N5O3S/c21-19(22)23-10-4-5-12-29-14-16-9-6-11-25(16)18(26)17(24-20(27)28)13-15-7-2-1-3-8-15/h1-3,7-8,16-17,24H,4-6,9-14H2,(H,27,28)(H4,21,22,23)/t16-,17+/m0/s1. The number of nitrogens with two attached hydrogens (primary N) is 2. The number of unbranched alkanes of at least 4 members (excludes halogenated alkanes) is 1. The molecule has 0 aliphatic carbocycles. The first kappa shape index (κ1) is 22.9. The number of likely N-dealkylation sites (tertiary alicyclic amines) is 1. The molecule has 1 aromatic carbocycles. The molecule has 1 aromatic rings. The molecule has 6 N–H and O–H groups in total. The SMILES string of the molecule is NC(N)=NCCCCSC[C@@H]1CCCN1C(=O)[C@@H](Cc1ccccc1)NC(=O)O. The molecule has 0 spiro atoms. The van der Waals surface area contributed by atoms with Gasteiger partial charge >= 0.3 is 6.09 Å². The second-order valence-corrected chi connectivity index (χ2v) is 8.26. The third-order valence-corrected chi connectivity index (χ3v) is 6.04. The number of carbonyl (C=O) groups excluding carboxylic acids is 1. The summed E-state index contributed by atoms with van der Waals surface area (Å²) in [4.78, 5) is 30.1. The van der Waals surface area contributed by atoms with Crippen LogP contribution >= 0.6 is 11.8 Å². The molecule has 1 saturated heterocycles. The van der Waals surface area contributed by atoms with Crippen LogP contribution in [-0.2, 0) is 11.2 Å². The number of aliphatic imine (C=N–C) groups is 1. The number of hydrogen-bond acceptors (Lipinski definition) is 4. The molecule has 2 atom stereocenters. The van der Waals surface area contributed by atoms with Crippen LogP contribution in [0.1, 0.15) is 31.2 Å². The van der Waals surface area contributed by atoms with Crippen molar-refractivity contribution in [2.75, 3.05) is 24.6 Å². The van der Waals surface area contributed by atoms with Crippen molar-refractivity contribution in [1.82, 2.24) is 10.2 Å². The lowest BCUT2D eigenvalue weighted by molar-refractivity contribution is -0.133. The number of rotatable bonds is 11. The van der Waals surface area contributed by atoms with Crippen molar-refractivity contribution in [2.45, 2.75) is 44.2 Å². The van der Waals surface area contributed by atoms with Gasteiger partial charge in [-0.3, -0.25) is 9.79 Å². The van der Waals surface area contributed by atoms with Gasteiger partial charge in [0.05, 0.1) is 0 Å². The summed E-state index contributed by atoms with van der Waals surface area (Å²) < 4.78 is 0. The largest absolute Gasteiger partial charge is 0.465 e. The maximum Gasteiger partial charge on any atom is 0.405 e. The fourth-order valence-electron chi connectivity index (χ4n) is 3.44. The van der Waals surface area contributed by atoms with E-state index in [9.17, 15) is 14.7 Å². The minimum absolute atomic E-state index is 0.123. The van der Waals surface area contributed by atoms with Crippen LogP contribution in [0, 0.1) is 0 Å². The summed E-state index contributed by atoms with van der Waals surface area (Å²) in [5.74, 6) is 1.84. The van der Waals surface area contributed by atoms with Crippen LogP contribution in [0.5, 0.6) is 0 Å². The van der Waals surface area contributed by atoms with Crippen LogP contribution in [0.25, 0.3) is 0 Å². The lowest BCUT2D eigenvalue weighted by Crippen LogP contribution is -2.51. The molecular formula is C20H31N5O3S. The van der Waals surface area contributed by atoms with Crippen LogP contribution in [0.3, 0.4) is 0 Å². The van der Waals surface area contributed by atoms with Crippen molar-refractivity contribution >= 4 is 29.7 Å². The van der Waals surface area contributed by atoms with E-state index in [1.54, 1.807) is 0 Å². The van der Waals surface area contributed by atoms with E-state index in [1.807, 2.05) is 47.0 Å². The van der Waals surface area contributed by atoms with Crippen molar-refractivity contribution in [3.63, 3.8) is 0 Å². The average Bonchev–Trinajstić information content (AvgIpc) is 3.15. The number of nitrogens with one attached hydrogen (secondary N) is 1. The number of carbonyl (C=O) groups is 2. The third kappa shape index (κ3) is 8.23. The summed E-state index contributed by atoms with van der Waals surface area (Å²) in [6.45, 7) is 1.32. The van der Waals surface area contributed by atoms with Crippen LogP contribution < -0.4 is 16.8 Å². The van der Waals surface area contributed by atoms with E-state index in [1.165, 1.54) is 0 Å². The molecule has 0 saturated carbocycles. The molecule has 0 aromatic heterocycles. The predicted molar refractivity (Wildman–Crippen MR) is 117 cm³/mol. The molecule has 9 heteroatoms. The zero-order valence-electron chi connectivity index (χ0n) is 16.6. The number of benzene rings is 1. The van der Waals surface area contributed by atoms with E-state index in [4.69, 9.17) is 11.5 Å². The Morgan fingerprint density at radius 1 is 1.28 bits per heavy atom. The quantitative estimate of drug-likeness (QED) is 0.244. The summed E-state index contributed by atoms with van der Waals surface area (Å²) in [6, 6.07) is 8.88. The number of hydrogen-bond donors (Lipinski definition) is 4. The molecule has 8 nitrogen and oxygen atoms in total. The van der Waals surface area contributed by atoms with Gasteiger partial charge in [0.25, 0.3) is 0 Å². The molecule has 1 aliphatic rings. The Balaban J connectivity index is 1.85. The number of thioether (sulfide) groups is 1. The number of guanidine groups is 1. The van der Waals surface area contributed by atoms with E-state index in [-0.39, 0.29) is 17.9 Å². The van der Waals surface area contributed by atoms with E-state index < -0.39 is 12.1 Å². The number of carboxylic acid groups (broad SMARTS) is 1. The summed E-state index contributed by atoms with van der Waals surface area (Å²) in [5, 5.41) is 11.6. The smallest absolute Gasteiger partial charge is 0.405 e. The Morgan fingerprint density at radius 2 is 2.03 bits per heavy atom. The fraction of sp³-hybridized carbons (Fsp3) is 0.550. The first-order valence-corrected chi connectivity index (χ1v) is 11.1. The molecule has 1 heterocycles. The lowest BCUT2D eigenvalue weighted by atomic mass is 10.0. The number of amides is 2. The van der Waals surface area contributed by atoms with E-state index >= 15 is 0 Å². The van der Waals surface area contributed by atoms with Crippen LogP contribution in [-0.4, -0.2) is 64.6 Å². The van der Waals surface area contributed by atoms with Crippen molar-refractivity contribution in [3.8, 4) is 0 Å². The van der Waals surface area contributed by atoms with Crippen LogP contribution in [0.4, 0.5) is 4.79 Å². The minimum atomic E-state index is -1.18. The van der Waals surface area contributed by atoms with Gasteiger partial charge < -0.3 is 26.8 Å². The highest BCUT2D eigenvalue weighted by molar-refractivity contribution is 7.99. The zero-order valence-corrected chi connectivity index (χ0v) is 17.4. The van der Waals surface area contributed by atoms with Gasteiger partial charge in [0.2, 0.25) is 5.91 Å². The highest BCUT2D eigenvalue weighted by Gasteiger charge is 2.33. The first-order valence-electron chi connectivity index (χ1n) is 9.94. The van der Waals surface area contributed by atoms with Gasteiger partial charge in [-0.1, -0.05) is 30.3 Å². The molecule has 29 heavy (non-hydrogen) atoms. The molecule has 1 aliphatic heterocycles. The van der Waals surface area contributed by atoms with Gasteiger partial charge in [-0.05, 0) is 37.0 Å². The lowest BCUT2D eigenvalue weighted by Gasteiger charge is -2.29. The molecule has 0 bridgehead atoms. The average molecular weight is 422 g/mol. The first-order chi connectivity index (χ1) is 14.0. The molecule has 0 radical (unpaired) electrons. The van der Waals surface area contributed by atoms with Gasteiger partial charge in [0.15, 0.2) is 5.96 Å². The van der Waals surface area contributed by atoms with Gasteiger partial charge in [0.1, 0.15) is 6.04 Å². The molecular weight excluding hydrogens is 390 g/mol. The Morgan fingerprint density at radius 3 is 2.72 bits per heavy atom. The molecule has 160 valence electrons. The Labute approximate surface area is 176 Å². The topological polar surface area (TPSA) is 134 Å². The highest BCUT2D eigenvalue weighted by Crippen LogP contribution is 2.23. The Hall–Kier alpha value is -2.42. The van der Waals surface area contributed by atoms with Crippen molar-refractivity contribution < 1.29 is 14.7 Å². The van der Waals surface area contributed by atoms with Crippen molar-refractivity contribution in [3.05, 3.63) is 35.9 Å². The van der Waals surface area contributed by atoms with Crippen molar-refractivity contribution in [1.29, 1.82) is 0 Å². The van der Waals surface area contributed by atoms with E-state index in [2.05, 4.69) is 10.3 Å². The fourth-order valence-corrected chi connectivity index (χ4v) is 4.64. The van der Waals surface area contributed by atoms with Gasteiger partial charge in [0, 0.05) is 31.3 Å². The second kappa shape index (κ2) is 12.2. The summed E-state index contributed by atoms with van der Waals surface area (Å²) >= 11 is 1.82. The predicted octanol–water partition coefficient (Wildman–Crippen LogP) is 1.64. The minimum Gasteiger partial charge on any atom is -0.465 e. The Bertz CT molecular complexity index is 682. The maximum absolute atomic E-state index is 13.1.